The van der Waals surface area contributed by atoms with Crippen molar-refractivity contribution in [3.05, 3.63) is 76.8 Å². The smallest absolute Gasteiger partial charge is 0.224 e. The SMILES string of the molecule is Cc1noc(C)c1CC(=O)NCc1ccnc(OCc2ccccc2)c1. The number of rotatable bonds is 7. The number of pyridine rings is 1. The van der Waals surface area contributed by atoms with E-state index in [9.17, 15) is 4.79 Å². The van der Waals surface area contributed by atoms with E-state index in [1.807, 2.05) is 56.3 Å². The van der Waals surface area contributed by atoms with Crippen LogP contribution in [0.15, 0.2) is 53.2 Å². The molecule has 0 saturated carbocycles. The first kappa shape index (κ1) is 17.7. The highest BCUT2D eigenvalue weighted by atomic mass is 16.5. The zero-order chi connectivity index (χ0) is 18.4. The second-order valence-corrected chi connectivity index (χ2v) is 6.03. The summed E-state index contributed by atoms with van der Waals surface area (Å²) < 4.78 is 10.8. The fraction of sp³-hybridized carbons (Fsp3) is 0.250. The molecule has 1 aromatic carbocycles. The van der Waals surface area contributed by atoms with Crippen LogP contribution in [-0.2, 0) is 24.4 Å². The van der Waals surface area contributed by atoms with Crippen molar-refractivity contribution < 1.29 is 14.1 Å². The van der Waals surface area contributed by atoms with Crippen molar-refractivity contribution in [3.63, 3.8) is 0 Å². The highest BCUT2D eigenvalue weighted by Gasteiger charge is 2.13. The van der Waals surface area contributed by atoms with Gasteiger partial charge in [-0.2, -0.15) is 0 Å². The lowest BCUT2D eigenvalue weighted by atomic mass is 10.1. The van der Waals surface area contributed by atoms with Crippen LogP contribution >= 0.6 is 0 Å². The zero-order valence-electron chi connectivity index (χ0n) is 14.9. The molecule has 0 radical (unpaired) electrons. The largest absolute Gasteiger partial charge is 0.473 e. The van der Waals surface area contributed by atoms with E-state index >= 15 is 0 Å². The van der Waals surface area contributed by atoms with Gasteiger partial charge in [-0.25, -0.2) is 4.98 Å². The van der Waals surface area contributed by atoms with E-state index in [4.69, 9.17) is 9.26 Å². The molecular formula is C20H21N3O3. The molecule has 1 N–H and O–H groups in total. The highest BCUT2D eigenvalue weighted by molar-refractivity contribution is 5.79. The Balaban J connectivity index is 1.53. The summed E-state index contributed by atoms with van der Waals surface area (Å²) in [6, 6.07) is 13.6. The molecule has 2 aromatic heterocycles. The summed E-state index contributed by atoms with van der Waals surface area (Å²) in [7, 11) is 0. The summed E-state index contributed by atoms with van der Waals surface area (Å²) in [5, 5.41) is 6.77. The lowest BCUT2D eigenvalue weighted by Gasteiger charge is -2.08. The zero-order valence-corrected chi connectivity index (χ0v) is 14.9. The Morgan fingerprint density at radius 2 is 1.96 bits per heavy atom. The van der Waals surface area contributed by atoms with E-state index in [1.54, 1.807) is 6.20 Å². The number of carbonyl (C=O) groups excluding carboxylic acids is 1. The van der Waals surface area contributed by atoms with Crippen molar-refractivity contribution in [3.8, 4) is 5.88 Å². The van der Waals surface area contributed by atoms with Crippen LogP contribution in [0.5, 0.6) is 5.88 Å². The molecule has 1 amide bonds. The number of ether oxygens (including phenoxy) is 1. The van der Waals surface area contributed by atoms with Gasteiger partial charge in [0.05, 0.1) is 12.1 Å². The molecule has 0 fully saturated rings. The fourth-order valence-corrected chi connectivity index (χ4v) is 2.55. The summed E-state index contributed by atoms with van der Waals surface area (Å²) in [5.41, 5.74) is 3.59. The molecule has 134 valence electrons. The molecule has 0 unspecified atom stereocenters. The number of nitrogens with zero attached hydrogens (tertiary/aromatic N) is 2. The van der Waals surface area contributed by atoms with Gasteiger partial charge >= 0.3 is 0 Å². The predicted octanol–water partition coefficient (Wildman–Crippen LogP) is 3.12. The number of carbonyl (C=O) groups is 1. The van der Waals surface area contributed by atoms with Gasteiger partial charge in [0.2, 0.25) is 11.8 Å². The van der Waals surface area contributed by atoms with Gasteiger partial charge < -0.3 is 14.6 Å². The first-order valence-corrected chi connectivity index (χ1v) is 8.42. The lowest BCUT2D eigenvalue weighted by Crippen LogP contribution is -2.25. The molecule has 0 aliphatic rings. The van der Waals surface area contributed by atoms with Crippen LogP contribution in [0.2, 0.25) is 0 Å². The van der Waals surface area contributed by atoms with Gasteiger partial charge in [0.1, 0.15) is 12.4 Å². The Kier molecular flexibility index (Phi) is 5.63. The van der Waals surface area contributed by atoms with Gasteiger partial charge in [-0.05, 0) is 31.0 Å². The van der Waals surface area contributed by atoms with Gasteiger partial charge in [-0.15, -0.1) is 0 Å². The minimum atomic E-state index is -0.0806. The summed E-state index contributed by atoms with van der Waals surface area (Å²) in [6.45, 7) is 4.50. The van der Waals surface area contributed by atoms with Crippen LogP contribution in [0.4, 0.5) is 0 Å². The molecule has 26 heavy (non-hydrogen) atoms. The summed E-state index contributed by atoms with van der Waals surface area (Å²) >= 11 is 0. The highest BCUT2D eigenvalue weighted by Crippen LogP contribution is 2.14. The monoisotopic (exact) mass is 351 g/mol. The average Bonchev–Trinajstić information content (AvgIpc) is 2.98. The summed E-state index contributed by atoms with van der Waals surface area (Å²) in [5.74, 6) is 1.13. The third-order valence-electron chi connectivity index (χ3n) is 4.04. The Bertz CT molecular complexity index is 856. The predicted molar refractivity (Wildman–Crippen MR) is 96.5 cm³/mol. The van der Waals surface area contributed by atoms with E-state index in [-0.39, 0.29) is 12.3 Å². The molecule has 0 aliphatic heterocycles. The van der Waals surface area contributed by atoms with Crippen LogP contribution in [0.3, 0.4) is 0 Å². The topological polar surface area (TPSA) is 77.3 Å². The maximum absolute atomic E-state index is 12.2. The Morgan fingerprint density at radius 3 is 2.69 bits per heavy atom. The van der Waals surface area contributed by atoms with Gasteiger partial charge in [0.15, 0.2) is 0 Å². The van der Waals surface area contributed by atoms with Crippen LogP contribution in [0.25, 0.3) is 0 Å². The third kappa shape index (κ3) is 4.69. The van der Waals surface area contributed by atoms with E-state index in [0.717, 1.165) is 22.4 Å². The van der Waals surface area contributed by atoms with Gasteiger partial charge in [-0.1, -0.05) is 35.5 Å². The molecule has 0 saturated heterocycles. The van der Waals surface area contributed by atoms with Crippen LogP contribution in [-0.4, -0.2) is 16.0 Å². The maximum Gasteiger partial charge on any atom is 0.224 e. The molecule has 0 bridgehead atoms. The Hall–Kier alpha value is -3.15. The molecule has 6 heteroatoms. The van der Waals surface area contributed by atoms with E-state index in [0.29, 0.717) is 24.8 Å². The number of benzene rings is 1. The van der Waals surface area contributed by atoms with E-state index < -0.39 is 0 Å². The van der Waals surface area contributed by atoms with Gasteiger partial charge in [0.25, 0.3) is 0 Å². The van der Waals surface area contributed by atoms with Crippen molar-refractivity contribution in [2.75, 3.05) is 0 Å². The second kappa shape index (κ2) is 8.29. The van der Waals surface area contributed by atoms with E-state index in [1.165, 1.54) is 0 Å². The number of amides is 1. The molecule has 0 aliphatic carbocycles. The lowest BCUT2D eigenvalue weighted by molar-refractivity contribution is -0.120. The molecule has 3 rings (SSSR count). The van der Waals surface area contributed by atoms with Crippen LogP contribution < -0.4 is 10.1 Å². The van der Waals surface area contributed by atoms with Crippen LogP contribution in [0, 0.1) is 13.8 Å². The molecule has 0 spiro atoms. The molecular weight excluding hydrogens is 330 g/mol. The third-order valence-corrected chi connectivity index (χ3v) is 4.04. The number of hydrogen-bond donors (Lipinski definition) is 1. The van der Waals surface area contributed by atoms with Crippen molar-refractivity contribution in [2.24, 2.45) is 0 Å². The first-order valence-electron chi connectivity index (χ1n) is 8.42. The van der Waals surface area contributed by atoms with Crippen LogP contribution in [0.1, 0.15) is 28.1 Å². The van der Waals surface area contributed by atoms with Gasteiger partial charge in [-0.3, -0.25) is 4.79 Å². The minimum absolute atomic E-state index is 0.0806. The molecule has 2 heterocycles. The Morgan fingerprint density at radius 1 is 1.15 bits per heavy atom. The number of aryl methyl sites for hydroxylation is 2. The van der Waals surface area contributed by atoms with E-state index in [2.05, 4.69) is 15.5 Å². The molecule has 0 atom stereocenters. The standard InChI is InChI=1S/C20H21N3O3/c1-14-18(15(2)26-23-14)11-19(24)22-12-17-8-9-21-20(10-17)25-13-16-6-4-3-5-7-16/h3-10H,11-13H2,1-2H3,(H,22,24). The number of hydrogen-bond acceptors (Lipinski definition) is 5. The maximum atomic E-state index is 12.2. The first-order chi connectivity index (χ1) is 12.6. The molecule has 3 aromatic rings. The van der Waals surface area contributed by atoms with Gasteiger partial charge in [0, 0.05) is 24.4 Å². The second-order valence-electron chi connectivity index (χ2n) is 6.03. The quantitative estimate of drug-likeness (QED) is 0.708. The summed E-state index contributed by atoms with van der Waals surface area (Å²) in [4.78, 5) is 16.4. The van der Waals surface area contributed by atoms with Crippen molar-refractivity contribution in [2.45, 2.75) is 33.4 Å². The molecule has 6 nitrogen and oxygen atoms in total. The fourth-order valence-electron chi connectivity index (χ4n) is 2.55. The average molecular weight is 351 g/mol. The van der Waals surface area contributed by atoms with Crippen molar-refractivity contribution in [1.82, 2.24) is 15.5 Å². The normalized spacial score (nSPS) is 10.5. The number of nitrogens with one attached hydrogen (secondary N) is 1. The minimum Gasteiger partial charge on any atom is -0.473 e. The summed E-state index contributed by atoms with van der Waals surface area (Å²) in [6.07, 6.45) is 1.93. The Labute approximate surface area is 152 Å². The van der Waals surface area contributed by atoms with Crippen molar-refractivity contribution in [1.29, 1.82) is 0 Å². The van der Waals surface area contributed by atoms with Crippen molar-refractivity contribution >= 4 is 5.91 Å². The number of aromatic nitrogens is 2.